The summed E-state index contributed by atoms with van der Waals surface area (Å²) in [5.74, 6) is 0.538. The predicted octanol–water partition coefficient (Wildman–Crippen LogP) is 0.913. The molecule has 106 valence electrons. The van der Waals surface area contributed by atoms with E-state index in [2.05, 4.69) is 10.3 Å². The highest BCUT2D eigenvalue weighted by Crippen LogP contribution is 2.31. The molecule has 1 aliphatic rings. The van der Waals surface area contributed by atoms with Gasteiger partial charge in [0.25, 0.3) is 0 Å². The van der Waals surface area contributed by atoms with E-state index >= 15 is 0 Å². The van der Waals surface area contributed by atoms with Gasteiger partial charge in [0.15, 0.2) is 8.38 Å². The zero-order chi connectivity index (χ0) is 13.8. The Bertz CT molecular complexity index is 479. The van der Waals surface area contributed by atoms with Crippen LogP contribution >= 0.6 is 8.38 Å². The Morgan fingerprint density at radius 3 is 3.11 bits per heavy atom. The molecule has 0 spiro atoms. The molecule has 2 rings (SSSR count). The molecule has 0 aromatic carbocycles. The van der Waals surface area contributed by atoms with Crippen molar-refractivity contribution < 1.29 is 14.2 Å². The van der Waals surface area contributed by atoms with Crippen LogP contribution in [0.3, 0.4) is 0 Å². The van der Waals surface area contributed by atoms with Gasteiger partial charge in [0.2, 0.25) is 0 Å². The molecule has 0 radical (unpaired) electrons. The molecule has 8 heteroatoms. The number of hydrogen-bond donors (Lipinski definition) is 2. The van der Waals surface area contributed by atoms with E-state index in [1.165, 1.54) is 4.57 Å². The standard InChI is InChI=1S/C11H18N3O4P/c1-12-9-5-6-14(11(15)13-9)10-4-3-8(18-10)7-17-19(2)16/h5-6,8,10,16H,3-4,7H2,1-2H3,(H,12,13,15). The molecular weight excluding hydrogens is 269 g/mol. The molecule has 1 saturated heterocycles. The quantitative estimate of drug-likeness (QED) is 0.783. The van der Waals surface area contributed by atoms with Crippen LogP contribution in [-0.4, -0.2) is 40.9 Å². The van der Waals surface area contributed by atoms with Gasteiger partial charge in [0, 0.05) is 19.9 Å². The van der Waals surface area contributed by atoms with Crippen molar-refractivity contribution in [2.75, 3.05) is 25.6 Å². The molecule has 1 aliphatic heterocycles. The summed E-state index contributed by atoms with van der Waals surface area (Å²) < 4.78 is 12.4. The molecule has 2 N–H and O–H groups in total. The van der Waals surface area contributed by atoms with Gasteiger partial charge in [-0.25, -0.2) is 4.79 Å². The molecule has 0 aliphatic carbocycles. The maximum atomic E-state index is 11.8. The number of aromatic nitrogens is 2. The predicted molar refractivity (Wildman–Crippen MR) is 72.2 cm³/mol. The number of nitrogens with one attached hydrogen (secondary N) is 1. The van der Waals surface area contributed by atoms with Gasteiger partial charge in [-0.3, -0.25) is 4.57 Å². The molecule has 1 aromatic rings. The SMILES string of the molecule is CNc1ccn(C2CCC(COP(C)O)O2)c(=O)n1. The van der Waals surface area contributed by atoms with Crippen LogP contribution in [0.5, 0.6) is 0 Å². The Kier molecular flexibility index (Phi) is 4.87. The molecule has 19 heavy (non-hydrogen) atoms. The van der Waals surface area contributed by atoms with Gasteiger partial charge in [-0.2, -0.15) is 4.98 Å². The second-order valence-electron chi connectivity index (χ2n) is 4.30. The summed E-state index contributed by atoms with van der Waals surface area (Å²) in [5, 5.41) is 2.82. The molecule has 2 heterocycles. The Balaban J connectivity index is 1.99. The number of anilines is 1. The van der Waals surface area contributed by atoms with Crippen LogP contribution in [0.4, 0.5) is 5.82 Å². The number of nitrogens with zero attached hydrogens (tertiary/aromatic N) is 2. The van der Waals surface area contributed by atoms with E-state index in [1.807, 2.05) is 0 Å². The van der Waals surface area contributed by atoms with Crippen LogP contribution < -0.4 is 11.0 Å². The smallest absolute Gasteiger partial charge is 0.351 e. The average Bonchev–Trinajstić information content (AvgIpc) is 2.84. The minimum Gasteiger partial charge on any atom is -0.373 e. The fourth-order valence-corrected chi connectivity index (χ4v) is 2.36. The first-order valence-corrected chi connectivity index (χ1v) is 7.74. The maximum Gasteiger partial charge on any atom is 0.351 e. The highest BCUT2D eigenvalue weighted by atomic mass is 31.2. The second-order valence-corrected chi connectivity index (χ2v) is 5.49. The topological polar surface area (TPSA) is 85.6 Å². The minimum atomic E-state index is -1.37. The van der Waals surface area contributed by atoms with E-state index in [4.69, 9.17) is 14.2 Å². The lowest BCUT2D eigenvalue weighted by Gasteiger charge is -2.16. The Hall–Kier alpha value is -1.01. The zero-order valence-corrected chi connectivity index (χ0v) is 11.8. The molecule has 1 fully saturated rings. The third-order valence-corrected chi connectivity index (χ3v) is 3.45. The molecule has 7 nitrogen and oxygen atoms in total. The van der Waals surface area contributed by atoms with Crippen molar-refractivity contribution in [3.63, 3.8) is 0 Å². The van der Waals surface area contributed by atoms with Gasteiger partial charge in [-0.05, 0) is 18.9 Å². The molecule has 3 atom stereocenters. The van der Waals surface area contributed by atoms with Crippen LogP contribution in [0.15, 0.2) is 17.1 Å². The Morgan fingerprint density at radius 2 is 2.47 bits per heavy atom. The van der Waals surface area contributed by atoms with E-state index in [1.54, 1.807) is 26.0 Å². The summed E-state index contributed by atoms with van der Waals surface area (Å²) in [6, 6.07) is 1.73. The molecule has 0 amide bonds. The third-order valence-electron chi connectivity index (χ3n) is 2.93. The van der Waals surface area contributed by atoms with Crippen molar-refractivity contribution in [3.8, 4) is 0 Å². The third kappa shape index (κ3) is 3.73. The summed E-state index contributed by atoms with van der Waals surface area (Å²) in [4.78, 5) is 24.8. The first kappa shape index (κ1) is 14.4. The van der Waals surface area contributed by atoms with Gasteiger partial charge in [0.1, 0.15) is 12.0 Å². The van der Waals surface area contributed by atoms with Crippen molar-refractivity contribution in [1.29, 1.82) is 0 Å². The van der Waals surface area contributed by atoms with Crippen molar-refractivity contribution >= 4 is 14.2 Å². The van der Waals surface area contributed by atoms with E-state index in [9.17, 15) is 4.79 Å². The van der Waals surface area contributed by atoms with Crippen molar-refractivity contribution in [2.24, 2.45) is 0 Å². The second kappa shape index (κ2) is 6.43. The molecule has 0 bridgehead atoms. The fourth-order valence-electron chi connectivity index (χ4n) is 1.98. The average molecular weight is 287 g/mol. The number of ether oxygens (including phenoxy) is 1. The van der Waals surface area contributed by atoms with Gasteiger partial charge in [-0.15, -0.1) is 0 Å². The first-order valence-electron chi connectivity index (χ1n) is 6.08. The Morgan fingerprint density at radius 1 is 1.68 bits per heavy atom. The van der Waals surface area contributed by atoms with E-state index in [-0.39, 0.29) is 18.0 Å². The van der Waals surface area contributed by atoms with Gasteiger partial charge in [-0.1, -0.05) is 0 Å². The van der Waals surface area contributed by atoms with Gasteiger partial charge in [0.05, 0.1) is 12.7 Å². The van der Waals surface area contributed by atoms with Crippen molar-refractivity contribution in [1.82, 2.24) is 9.55 Å². The van der Waals surface area contributed by atoms with Crippen LogP contribution in [0.2, 0.25) is 0 Å². The molecule has 0 saturated carbocycles. The number of rotatable bonds is 5. The normalized spacial score (nSPS) is 24.4. The van der Waals surface area contributed by atoms with Crippen molar-refractivity contribution in [2.45, 2.75) is 25.2 Å². The highest BCUT2D eigenvalue weighted by molar-refractivity contribution is 7.45. The summed E-state index contributed by atoms with van der Waals surface area (Å²) in [7, 11) is 0.345. The zero-order valence-electron chi connectivity index (χ0n) is 10.9. The Labute approximate surface area is 112 Å². The minimum absolute atomic E-state index is 0.0852. The number of hydrogen-bond acceptors (Lipinski definition) is 6. The summed E-state index contributed by atoms with van der Waals surface area (Å²) >= 11 is 0. The highest BCUT2D eigenvalue weighted by Gasteiger charge is 2.27. The monoisotopic (exact) mass is 287 g/mol. The van der Waals surface area contributed by atoms with Crippen LogP contribution in [0.1, 0.15) is 19.1 Å². The molecule has 3 unspecified atom stereocenters. The molecule has 1 aromatic heterocycles. The van der Waals surface area contributed by atoms with Gasteiger partial charge >= 0.3 is 5.69 Å². The summed E-state index contributed by atoms with van der Waals surface area (Å²) in [6.07, 6.45) is 2.82. The lowest BCUT2D eigenvalue weighted by Crippen LogP contribution is -2.27. The van der Waals surface area contributed by atoms with Crippen LogP contribution in [-0.2, 0) is 9.26 Å². The lowest BCUT2D eigenvalue weighted by atomic mass is 10.2. The lowest BCUT2D eigenvalue weighted by molar-refractivity contribution is -0.0194. The molecular formula is C11H18N3O4P. The first-order chi connectivity index (χ1) is 9.10. The largest absolute Gasteiger partial charge is 0.373 e. The van der Waals surface area contributed by atoms with E-state index in [0.29, 0.717) is 12.4 Å². The van der Waals surface area contributed by atoms with Gasteiger partial charge < -0.3 is 19.5 Å². The van der Waals surface area contributed by atoms with Crippen molar-refractivity contribution in [3.05, 3.63) is 22.7 Å². The summed E-state index contributed by atoms with van der Waals surface area (Å²) in [6.45, 7) is 1.97. The van der Waals surface area contributed by atoms with E-state index < -0.39 is 8.38 Å². The fraction of sp³-hybridized carbons (Fsp3) is 0.636. The summed E-state index contributed by atoms with van der Waals surface area (Å²) in [5.41, 5.74) is -0.335. The van der Waals surface area contributed by atoms with Crippen LogP contribution in [0, 0.1) is 0 Å². The van der Waals surface area contributed by atoms with Crippen LogP contribution in [0.25, 0.3) is 0 Å². The maximum absolute atomic E-state index is 11.8. The van der Waals surface area contributed by atoms with E-state index in [0.717, 1.165) is 12.8 Å².